The summed E-state index contributed by atoms with van der Waals surface area (Å²) in [4.78, 5) is 0. The van der Waals surface area contributed by atoms with E-state index in [1.807, 2.05) is 6.07 Å². The fourth-order valence-corrected chi connectivity index (χ4v) is 3.70. The Hall–Kier alpha value is 0.300. The third-order valence-electron chi connectivity index (χ3n) is 1.98. The highest BCUT2D eigenvalue weighted by atomic mass is 79.9. The minimum atomic E-state index is 0.855. The van der Waals surface area contributed by atoms with Crippen molar-refractivity contribution in [3.63, 3.8) is 0 Å². The molecule has 0 radical (unpaired) electrons. The van der Waals surface area contributed by atoms with Gasteiger partial charge in [-0.25, -0.2) is 0 Å². The molecule has 0 bridgehead atoms. The van der Waals surface area contributed by atoms with Crippen molar-refractivity contribution < 1.29 is 0 Å². The normalized spacial score (nSPS) is 11.1. The lowest BCUT2D eigenvalue weighted by Gasteiger charge is -1.97. The Balaban J connectivity index is 2.67. The first-order valence-corrected chi connectivity index (χ1v) is 7.60. The Morgan fingerprint density at radius 1 is 1.43 bits per heavy atom. The maximum absolute atomic E-state index is 6.19. The van der Waals surface area contributed by atoms with Crippen molar-refractivity contribution in [1.82, 2.24) is 0 Å². The largest absolute Gasteiger partial charge is 0.129 e. The van der Waals surface area contributed by atoms with E-state index in [4.69, 9.17) is 11.6 Å². The Labute approximate surface area is 105 Å². The van der Waals surface area contributed by atoms with Crippen LogP contribution in [0.1, 0.15) is 5.56 Å². The van der Waals surface area contributed by atoms with Crippen LogP contribution in [0.4, 0.5) is 0 Å². The van der Waals surface area contributed by atoms with E-state index < -0.39 is 0 Å². The highest BCUT2D eigenvalue weighted by Crippen LogP contribution is 2.36. The molecule has 0 aliphatic heterocycles. The summed E-state index contributed by atoms with van der Waals surface area (Å²) in [6.45, 7) is 0. The van der Waals surface area contributed by atoms with Gasteiger partial charge in [0.2, 0.25) is 0 Å². The van der Waals surface area contributed by atoms with Gasteiger partial charge in [0.05, 0.1) is 4.21 Å². The van der Waals surface area contributed by atoms with Crippen LogP contribution in [0.5, 0.6) is 0 Å². The molecule has 0 fully saturated rings. The van der Waals surface area contributed by atoms with Crippen LogP contribution in [0, 0.1) is 0 Å². The Kier molecular flexibility index (Phi) is 3.42. The van der Waals surface area contributed by atoms with Gasteiger partial charge < -0.3 is 0 Å². The minimum absolute atomic E-state index is 0.855. The molecule has 2 rings (SSSR count). The van der Waals surface area contributed by atoms with Crippen molar-refractivity contribution in [2.75, 3.05) is 6.26 Å². The standard InChI is InChI=1S/C10H8BrClS2/c1-13-10-4-7-8(12)2-6(5-11)3-9(7)14-10/h2-4H,5H2,1H3. The molecule has 1 heterocycles. The Morgan fingerprint density at radius 3 is 2.86 bits per heavy atom. The van der Waals surface area contributed by atoms with Crippen molar-refractivity contribution in [3.8, 4) is 0 Å². The number of hydrogen-bond acceptors (Lipinski definition) is 2. The molecule has 74 valence electrons. The highest BCUT2D eigenvalue weighted by Gasteiger charge is 2.06. The van der Waals surface area contributed by atoms with Gasteiger partial charge in [-0.3, -0.25) is 0 Å². The van der Waals surface area contributed by atoms with Gasteiger partial charge in [-0.15, -0.1) is 23.1 Å². The van der Waals surface area contributed by atoms with Crippen LogP contribution in [-0.2, 0) is 5.33 Å². The summed E-state index contributed by atoms with van der Waals surface area (Å²) in [6.07, 6.45) is 2.09. The summed E-state index contributed by atoms with van der Waals surface area (Å²) in [6, 6.07) is 6.38. The lowest BCUT2D eigenvalue weighted by Crippen LogP contribution is -1.76. The second-order valence-corrected chi connectivity index (χ2v) is 6.05. The zero-order valence-electron chi connectivity index (χ0n) is 7.51. The third-order valence-corrected chi connectivity index (χ3v) is 5.09. The molecule has 14 heavy (non-hydrogen) atoms. The summed E-state index contributed by atoms with van der Waals surface area (Å²) in [5.74, 6) is 0. The molecule has 0 unspecified atom stereocenters. The fraction of sp³-hybridized carbons (Fsp3) is 0.200. The first-order chi connectivity index (χ1) is 6.74. The second kappa shape index (κ2) is 4.44. The summed E-state index contributed by atoms with van der Waals surface area (Å²) in [7, 11) is 0. The number of halogens is 2. The van der Waals surface area contributed by atoms with Gasteiger partial charge in [-0.1, -0.05) is 27.5 Å². The molecule has 4 heteroatoms. The van der Waals surface area contributed by atoms with Crippen molar-refractivity contribution >= 4 is 60.7 Å². The molecule has 1 aromatic carbocycles. The van der Waals surface area contributed by atoms with Gasteiger partial charge in [-0.05, 0) is 30.0 Å². The number of hydrogen-bond donors (Lipinski definition) is 0. The molecule has 0 amide bonds. The zero-order chi connectivity index (χ0) is 10.1. The average Bonchev–Trinajstić information content (AvgIpc) is 2.61. The lowest BCUT2D eigenvalue weighted by atomic mass is 10.2. The van der Waals surface area contributed by atoms with E-state index in [1.54, 1.807) is 23.1 Å². The molecule has 0 aliphatic rings. The molecule has 0 saturated heterocycles. The predicted octanol–water partition coefficient (Wildman–Crippen LogP) is 5.17. The van der Waals surface area contributed by atoms with Crippen LogP contribution in [0.2, 0.25) is 5.02 Å². The molecule has 1 aromatic heterocycles. The molecule has 0 nitrogen and oxygen atoms in total. The van der Waals surface area contributed by atoms with Gasteiger partial charge in [0.1, 0.15) is 0 Å². The van der Waals surface area contributed by atoms with Gasteiger partial charge in [-0.2, -0.15) is 0 Å². The van der Waals surface area contributed by atoms with Gasteiger partial charge >= 0.3 is 0 Å². The van der Waals surface area contributed by atoms with Crippen molar-refractivity contribution in [2.24, 2.45) is 0 Å². The van der Waals surface area contributed by atoms with Crippen LogP contribution >= 0.6 is 50.6 Å². The number of thioether (sulfide) groups is 1. The second-order valence-electron chi connectivity index (χ2n) is 2.89. The van der Waals surface area contributed by atoms with E-state index in [0.717, 1.165) is 10.4 Å². The van der Waals surface area contributed by atoms with E-state index in [-0.39, 0.29) is 0 Å². The molecular formula is C10H8BrClS2. The zero-order valence-corrected chi connectivity index (χ0v) is 11.5. The smallest absolute Gasteiger partial charge is 0.0609 e. The van der Waals surface area contributed by atoms with E-state index >= 15 is 0 Å². The van der Waals surface area contributed by atoms with Gasteiger partial charge in [0.15, 0.2) is 0 Å². The minimum Gasteiger partial charge on any atom is -0.129 e. The highest BCUT2D eigenvalue weighted by molar-refractivity contribution is 9.08. The SMILES string of the molecule is CSc1cc2c(Cl)cc(CBr)cc2s1. The Morgan fingerprint density at radius 2 is 2.21 bits per heavy atom. The Bertz CT molecular complexity index is 464. The first-order valence-electron chi connectivity index (χ1n) is 4.06. The van der Waals surface area contributed by atoms with Crippen molar-refractivity contribution in [3.05, 3.63) is 28.8 Å². The molecule has 0 N–H and O–H groups in total. The van der Waals surface area contributed by atoms with Gasteiger partial charge in [0.25, 0.3) is 0 Å². The average molecular weight is 308 g/mol. The summed E-state index contributed by atoms with van der Waals surface area (Å²) in [5.41, 5.74) is 1.23. The van der Waals surface area contributed by atoms with Crippen molar-refractivity contribution in [2.45, 2.75) is 9.54 Å². The van der Waals surface area contributed by atoms with E-state index in [0.29, 0.717) is 0 Å². The van der Waals surface area contributed by atoms with Crippen LogP contribution in [0.25, 0.3) is 10.1 Å². The lowest BCUT2D eigenvalue weighted by molar-refractivity contribution is 1.47. The van der Waals surface area contributed by atoms with E-state index in [2.05, 4.69) is 34.3 Å². The number of rotatable bonds is 2. The van der Waals surface area contributed by atoms with Gasteiger partial charge in [0, 0.05) is 20.4 Å². The maximum Gasteiger partial charge on any atom is 0.0609 e. The summed E-state index contributed by atoms with van der Waals surface area (Å²) < 4.78 is 2.59. The number of alkyl halides is 1. The monoisotopic (exact) mass is 306 g/mol. The topological polar surface area (TPSA) is 0 Å². The van der Waals surface area contributed by atoms with E-state index in [9.17, 15) is 0 Å². The van der Waals surface area contributed by atoms with Crippen LogP contribution < -0.4 is 0 Å². The number of fused-ring (bicyclic) bond motifs is 1. The van der Waals surface area contributed by atoms with Crippen LogP contribution in [0.15, 0.2) is 22.4 Å². The van der Waals surface area contributed by atoms with Crippen LogP contribution in [0.3, 0.4) is 0 Å². The third kappa shape index (κ3) is 1.96. The summed E-state index contributed by atoms with van der Waals surface area (Å²) in [5, 5.41) is 2.88. The maximum atomic E-state index is 6.19. The first kappa shape index (κ1) is 10.8. The number of benzene rings is 1. The van der Waals surface area contributed by atoms with Crippen molar-refractivity contribution in [1.29, 1.82) is 0 Å². The predicted molar refractivity (Wildman–Crippen MR) is 71.2 cm³/mol. The summed E-state index contributed by atoms with van der Waals surface area (Å²) >= 11 is 13.2. The van der Waals surface area contributed by atoms with E-state index in [1.165, 1.54) is 19.9 Å². The molecule has 0 spiro atoms. The molecular weight excluding hydrogens is 300 g/mol. The fourth-order valence-electron chi connectivity index (χ4n) is 1.30. The quantitative estimate of drug-likeness (QED) is 0.545. The molecule has 0 aliphatic carbocycles. The number of thiophene rings is 1. The molecule has 0 saturated carbocycles. The molecule has 2 aromatic rings. The molecule has 0 atom stereocenters. The van der Waals surface area contributed by atoms with Crippen LogP contribution in [-0.4, -0.2) is 6.26 Å².